The number of aromatic nitrogens is 1. The summed E-state index contributed by atoms with van der Waals surface area (Å²) in [5.41, 5.74) is 2.11. The largest absolute Gasteiger partial charge is 0.497 e. The number of carbonyl (C=O) groups is 1. The highest BCUT2D eigenvalue weighted by Crippen LogP contribution is 2.19. The maximum absolute atomic E-state index is 13.7. The molecular weight excluding hydrogens is 333 g/mol. The molecule has 0 fully saturated rings. The molecule has 0 saturated carbocycles. The Morgan fingerprint density at radius 2 is 1.88 bits per heavy atom. The van der Waals surface area contributed by atoms with Crippen LogP contribution in [-0.4, -0.2) is 18.0 Å². The second-order valence-corrected chi connectivity index (χ2v) is 5.57. The standard InChI is InChI=1S/C20H18FN3O2/c1-26-16-8-6-14(7-9-16)13-23-20(25)19-12-15(10-11-22-19)24-18-5-3-2-4-17(18)21/h2-12H,13H2,1H3,(H,22,24)(H,23,25). The van der Waals surface area contributed by atoms with Crippen molar-refractivity contribution in [2.75, 3.05) is 12.4 Å². The van der Waals surface area contributed by atoms with Crippen molar-refractivity contribution in [3.05, 3.63) is 83.9 Å². The highest BCUT2D eigenvalue weighted by Gasteiger charge is 2.09. The zero-order valence-electron chi connectivity index (χ0n) is 14.2. The number of para-hydroxylation sites is 1. The van der Waals surface area contributed by atoms with Crippen LogP contribution in [0.2, 0.25) is 0 Å². The van der Waals surface area contributed by atoms with Crippen molar-refractivity contribution in [3.8, 4) is 5.75 Å². The highest BCUT2D eigenvalue weighted by atomic mass is 19.1. The third kappa shape index (κ3) is 4.36. The molecule has 0 radical (unpaired) electrons. The average Bonchev–Trinajstić information content (AvgIpc) is 2.68. The van der Waals surface area contributed by atoms with Crippen LogP contribution in [0.4, 0.5) is 15.8 Å². The fourth-order valence-corrected chi connectivity index (χ4v) is 2.37. The van der Waals surface area contributed by atoms with Crippen molar-refractivity contribution >= 4 is 17.3 Å². The van der Waals surface area contributed by atoms with Gasteiger partial charge in [0.05, 0.1) is 12.8 Å². The maximum atomic E-state index is 13.7. The number of anilines is 2. The SMILES string of the molecule is COc1ccc(CNC(=O)c2cc(Nc3ccccc3F)ccn2)cc1. The number of ether oxygens (including phenoxy) is 1. The lowest BCUT2D eigenvalue weighted by Gasteiger charge is -2.09. The Kier molecular flexibility index (Phi) is 5.43. The average molecular weight is 351 g/mol. The fourth-order valence-electron chi connectivity index (χ4n) is 2.37. The third-order valence-electron chi connectivity index (χ3n) is 3.76. The number of hydrogen-bond acceptors (Lipinski definition) is 4. The van der Waals surface area contributed by atoms with Crippen LogP contribution < -0.4 is 15.4 Å². The van der Waals surface area contributed by atoms with E-state index in [0.717, 1.165) is 11.3 Å². The van der Waals surface area contributed by atoms with Crippen molar-refractivity contribution in [1.82, 2.24) is 10.3 Å². The molecule has 26 heavy (non-hydrogen) atoms. The molecule has 0 aliphatic heterocycles. The summed E-state index contributed by atoms with van der Waals surface area (Å²) in [5.74, 6) is 0.0847. The molecule has 3 rings (SSSR count). The van der Waals surface area contributed by atoms with Gasteiger partial charge in [-0.05, 0) is 42.0 Å². The first kappa shape index (κ1) is 17.4. The zero-order valence-corrected chi connectivity index (χ0v) is 14.2. The van der Waals surface area contributed by atoms with E-state index < -0.39 is 0 Å². The van der Waals surface area contributed by atoms with Crippen LogP contribution in [0.5, 0.6) is 5.75 Å². The van der Waals surface area contributed by atoms with Crippen molar-refractivity contribution in [1.29, 1.82) is 0 Å². The minimum absolute atomic E-state index is 0.250. The summed E-state index contributed by atoms with van der Waals surface area (Å²) in [7, 11) is 1.60. The van der Waals surface area contributed by atoms with E-state index in [9.17, 15) is 9.18 Å². The van der Waals surface area contributed by atoms with E-state index in [2.05, 4.69) is 15.6 Å². The molecular formula is C20H18FN3O2. The molecule has 1 aromatic heterocycles. The summed E-state index contributed by atoms with van der Waals surface area (Å²) in [6, 6.07) is 17.0. The predicted octanol–water partition coefficient (Wildman–Crippen LogP) is 3.90. The monoisotopic (exact) mass is 351 g/mol. The molecule has 0 bridgehead atoms. The Morgan fingerprint density at radius 1 is 1.12 bits per heavy atom. The minimum atomic E-state index is -0.366. The molecule has 0 saturated heterocycles. The molecule has 0 atom stereocenters. The number of amides is 1. The normalized spacial score (nSPS) is 10.2. The lowest BCUT2D eigenvalue weighted by atomic mass is 10.2. The van der Waals surface area contributed by atoms with Crippen LogP contribution in [0.25, 0.3) is 0 Å². The molecule has 1 amide bonds. The molecule has 5 nitrogen and oxygen atoms in total. The lowest BCUT2D eigenvalue weighted by Crippen LogP contribution is -2.23. The Hall–Kier alpha value is -3.41. The number of halogens is 1. The number of rotatable bonds is 6. The zero-order chi connectivity index (χ0) is 18.4. The van der Waals surface area contributed by atoms with Gasteiger partial charge in [0.25, 0.3) is 5.91 Å². The molecule has 6 heteroatoms. The third-order valence-corrected chi connectivity index (χ3v) is 3.76. The van der Waals surface area contributed by atoms with Crippen LogP contribution in [0, 0.1) is 5.82 Å². The van der Waals surface area contributed by atoms with Crippen LogP contribution in [0.1, 0.15) is 16.1 Å². The van der Waals surface area contributed by atoms with Gasteiger partial charge in [-0.15, -0.1) is 0 Å². The number of nitrogens with one attached hydrogen (secondary N) is 2. The first-order valence-electron chi connectivity index (χ1n) is 8.04. The second-order valence-electron chi connectivity index (χ2n) is 5.57. The van der Waals surface area contributed by atoms with Crippen molar-refractivity contribution in [2.24, 2.45) is 0 Å². The molecule has 3 aromatic rings. The summed E-state index contributed by atoms with van der Waals surface area (Å²) in [4.78, 5) is 16.4. The maximum Gasteiger partial charge on any atom is 0.270 e. The topological polar surface area (TPSA) is 63.2 Å². The first-order valence-corrected chi connectivity index (χ1v) is 8.04. The number of methoxy groups -OCH3 is 1. The van der Waals surface area contributed by atoms with Gasteiger partial charge in [0.15, 0.2) is 0 Å². The predicted molar refractivity (Wildman–Crippen MR) is 98.1 cm³/mol. The highest BCUT2D eigenvalue weighted by molar-refractivity contribution is 5.93. The number of hydrogen-bond donors (Lipinski definition) is 2. The van der Waals surface area contributed by atoms with E-state index in [-0.39, 0.29) is 17.4 Å². The summed E-state index contributed by atoms with van der Waals surface area (Å²) in [6.07, 6.45) is 1.51. The molecule has 132 valence electrons. The molecule has 2 N–H and O–H groups in total. The minimum Gasteiger partial charge on any atom is -0.497 e. The van der Waals surface area contributed by atoms with Crippen LogP contribution in [-0.2, 0) is 6.54 Å². The molecule has 0 unspecified atom stereocenters. The summed E-state index contributed by atoms with van der Waals surface area (Å²) in [5, 5.41) is 5.76. The van der Waals surface area contributed by atoms with Gasteiger partial charge in [-0.3, -0.25) is 9.78 Å². The fraction of sp³-hybridized carbons (Fsp3) is 0.100. The van der Waals surface area contributed by atoms with Gasteiger partial charge in [-0.25, -0.2) is 4.39 Å². The summed E-state index contributed by atoms with van der Waals surface area (Å²) >= 11 is 0. The summed E-state index contributed by atoms with van der Waals surface area (Å²) < 4.78 is 18.8. The Balaban J connectivity index is 1.65. The van der Waals surface area contributed by atoms with E-state index >= 15 is 0 Å². The van der Waals surface area contributed by atoms with Crippen molar-refractivity contribution < 1.29 is 13.9 Å². The Labute approximate surface area is 150 Å². The molecule has 1 heterocycles. The van der Waals surface area contributed by atoms with Gasteiger partial charge in [0.2, 0.25) is 0 Å². The Morgan fingerprint density at radius 3 is 2.62 bits per heavy atom. The molecule has 2 aromatic carbocycles. The lowest BCUT2D eigenvalue weighted by molar-refractivity contribution is 0.0946. The van der Waals surface area contributed by atoms with Gasteiger partial charge < -0.3 is 15.4 Å². The van der Waals surface area contributed by atoms with Crippen LogP contribution in [0.3, 0.4) is 0 Å². The molecule has 0 aliphatic rings. The number of pyridine rings is 1. The smallest absolute Gasteiger partial charge is 0.270 e. The van der Waals surface area contributed by atoms with E-state index in [0.29, 0.717) is 17.9 Å². The van der Waals surface area contributed by atoms with Crippen LogP contribution in [0.15, 0.2) is 66.9 Å². The van der Waals surface area contributed by atoms with E-state index in [4.69, 9.17) is 4.74 Å². The van der Waals surface area contributed by atoms with E-state index in [1.165, 1.54) is 12.3 Å². The number of benzene rings is 2. The second kappa shape index (κ2) is 8.11. The van der Waals surface area contributed by atoms with Crippen LogP contribution >= 0.6 is 0 Å². The summed E-state index contributed by atoms with van der Waals surface area (Å²) in [6.45, 7) is 0.371. The van der Waals surface area contributed by atoms with E-state index in [1.807, 2.05) is 24.3 Å². The van der Waals surface area contributed by atoms with Crippen molar-refractivity contribution in [3.63, 3.8) is 0 Å². The number of carbonyl (C=O) groups excluding carboxylic acids is 1. The van der Waals surface area contributed by atoms with Gasteiger partial charge in [0, 0.05) is 18.4 Å². The van der Waals surface area contributed by atoms with E-state index in [1.54, 1.807) is 37.4 Å². The number of nitrogens with zero attached hydrogens (tertiary/aromatic N) is 1. The Bertz CT molecular complexity index is 898. The first-order chi connectivity index (χ1) is 12.7. The van der Waals surface area contributed by atoms with Crippen molar-refractivity contribution in [2.45, 2.75) is 6.54 Å². The molecule has 0 spiro atoms. The van der Waals surface area contributed by atoms with Gasteiger partial charge in [0.1, 0.15) is 17.3 Å². The van der Waals surface area contributed by atoms with Gasteiger partial charge in [-0.1, -0.05) is 24.3 Å². The van der Waals surface area contributed by atoms with Gasteiger partial charge in [-0.2, -0.15) is 0 Å². The van der Waals surface area contributed by atoms with Gasteiger partial charge >= 0.3 is 0 Å². The quantitative estimate of drug-likeness (QED) is 0.707. The molecule has 0 aliphatic carbocycles.